The highest BCUT2D eigenvalue weighted by atomic mass is 16.7. The molecule has 3 aliphatic carbocycles. The number of hydrogen-bond acceptors (Lipinski definition) is 7. The minimum absolute atomic E-state index is 0.0942. The van der Waals surface area contributed by atoms with Crippen LogP contribution < -0.4 is 0 Å². The largest absolute Gasteiger partial charge is 0.632 e. The summed E-state index contributed by atoms with van der Waals surface area (Å²) in [5.74, 6) is 0.896. The summed E-state index contributed by atoms with van der Waals surface area (Å²) >= 11 is 0. The minimum atomic E-state index is -1.05. The molecule has 1 N–H and O–H groups in total. The zero-order chi connectivity index (χ0) is 17.9. The number of nitrogens with zero attached hydrogens (tertiary/aromatic N) is 1. The van der Waals surface area contributed by atoms with Crippen LogP contribution in [0.4, 0.5) is 0 Å². The molecular weight excluding hydrogens is 325 g/mol. The maximum absolute atomic E-state index is 12.3. The van der Waals surface area contributed by atoms with Crippen molar-refractivity contribution in [2.45, 2.75) is 51.8 Å². The lowest BCUT2D eigenvalue weighted by atomic mass is 9.44. The molecule has 138 valence electrons. The van der Waals surface area contributed by atoms with Gasteiger partial charge in [0.05, 0.1) is 19.7 Å². The molecule has 0 radical (unpaired) electrons. The van der Waals surface area contributed by atoms with Crippen LogP contribution >= 0.6 is 0 Å². The standard InChI is InChI=1S/C17H26BNO6/c1-9-11-4-10(17(11,2)3)5-12(9)19-6-14(21)24-18(25-15(22)7-19)16-13(8-20)23-16/h9-13,16,20H,4-8H2,1-3H3/t9-,10?,11-,12?,13+,16?/m1/s1. The first-order valence-corrected chi connectivity index (χ1v) is 9.20. The Morgan fingerprint density at radius 1 is 1.20 bits per heavy atom. The molecule has 5 aliphatic rings. The van der Waals surface area contributed by atoms with E-state index in [2.05, 4.69) is 20.8 Å². The van der Waals surface area contributed by atoms with Crippen molar-refractivity contribution in [1.29, 1.82) is 0 Å². The highest BCUT2D eigenvalue weighted by Gasteiger charge is 2.59. The van der Waals surface area contributed by atoms with Gasteiger partial charge in [-0.1, -0.05) is 20.8 Å². The first kappa shape index (κ1) is 17.3. The fourth-order valence-corrected chi connectivity index (χ4v) is 5.26. The van der Waals surface area contributed by atoms with E-state index in [1.807, 2.05) is 4.90 Å². The molecule has 3 saturated carbocycles. The zero-order valence-corrected chi connectivity index (χ0v) is 15.0. The predicted molar refractivity (Wildman–Crippen MR) is 88.2 cm³/mol. The molecule has 25 heavy (non-hydrogen) atoms. The number of aliphatic hydroxyl groups is 1. The highest BCUT2D eigenvalue weighted by Crippen LogP contribution is 2.62. The SMILES string of the molecule is C[C@H]1C(N2CC(=O)OB(C3O[C@H]3CO)OC(=O)C2)CC2C[C@H]1C2(C)C. The molecule has 5 rings (SSSR count). The van der Waals surface area contributed by atoms with Crippen molar-refractivity contribution in [1.82, 2.24) is 4.90 Å². The number of carbonyl (C=O) groups excluding carboxylic acids is 2. The molecule has 0 spiro atoms. The third-order valence-corrected chi connectivity index (χ3v) is 7.01. The van der Waals surface area contributed by atoms with Crippen LogP contribution in [0.5, 0.6) is 0 Å². The summed E-state index contributed by atoms with van der Waals surface area (Å²) in [4.78, 5) is 26.5. The van der Waals surface area contributed by atoms with Crippen LogP contribution in [0.25, 0.3) is 0 Å². The first-order valence-electron chi connectivity index (χ1n) is 9.20. The van der Waals surface area contributed by atoms with Crippen LogP contribution in [0.1, 0.15) is 33.6 Å². The normalized spacial score (nSPS) is 43.4. The molecule has 0 aromatic rings. The smallest absolute Gasteiger partial charge is 0.496 e. The molecule has 0 amide bonds. The summed E-state index contributed by atoms with van der Waals surface area (Å²) in [5, 5.41) is 9.06. The second-order valence-corrected chi connectivity index (χ2v) is 8.60. The van der Waals surface area contributed by atoms with E-state index in [-0.39, 0.29) is 25.7 Å². The number of ether oxygens (including phenoxy) is 1. The second-order valence-electron chi connectivity index (χ2n) is 8.60. The Hall–Kier alpha value is -1.12. The molecule has 7 nitrogen and oxygen atoms in total. The van der Waals surface area contributed by atoms with E-state index in [4.69, 9.17) is 19.2 Å². The molecule has 2 saturated heterocycles. The summed E-state index contributed by atoms with van der Waals surface area (Å²) in [5.41, 5.74) is 0.355. The van der Waals surface area contributed by atoms with Crippen LogP contribution in [-0.4, -0.2) is 66.9 Å². The molecule has 2 aliphatic heterocycles. The predicted octanol–water partition coefficient (Wildman–Crippen LogP) is 0.246. The molecular formula is C17H26BNO6. The number of fused-ring (bicyclic) bond motifs is 2. The van der Waals surface area contributed by atoms with Crippen LogP contribution in [0.3, 0.4) is 0 Å². The van der Waals surface area contributed by atoms with Gasteiger partial charge in [0.2, 0.25) is 0 Å². The Morgan fingerprint density at radius 3 is 2.32 bits per heavy atom. The number of epoxide rings is 1. The summed E-state index contributed by atoms with van der Waals surface area (Å²) in [6, 6.07) is -0.345. The third kappa shape index (κ3) is 2.88. The Kier molecular flexibility index (Phi) is 4.13. The van der Waals surface area contributed by atoms with Gasteiger partial charge in [-0.15, -0.1) is 0 Å². The molecule has 2 bridgehead atoms. The number of carbonyl (C=O) groups is 2. The van der Waals surface area contributed by atoms with E-state index in [1.54, 1.807) is 0 Å². The Morgan fingerprint density at radius 2 is 1.84 bits per heavy atom. The van der Waals surface area contributed by atoms with Gasteiger partial charge in [0.25, 0.3) is 0 Å². The summed E-state index contributed by atoms with van der Waals surface area (Å²) in [6.07, 6.45) is 1.83. The molecule has 0 aromatic carbocycles. The molecule has 0 aromatic heterocycles. The Labute approximate surface area is 148 Å². The molecule has 5 fully saturated rings. The summed E-state index contributed by atoms with van der Waals surface area (Å²) in [7, 11) is -1.05. The third-order valence-electron chi connectivity index (χ3n) is 7.01. The lowest BCUT2D eigenvalue weighted by Crippen LogP contribution is -2.62. The van der Waals surface area contributed by atoms with E-state index in [0.717, 1.165) is 6.42 Å². The summed E-state index contributed by atoms with van der Waals surface area (Å²) < 4.78 is 15.8. The van der Waals surface area contributed by atoms with Gasteiger partial charge in [-0.05, 0) is 36.0 Å². The van der Waals surface area contributed by atoms with Crippen LogP contribution in [0.2, 0.25) is 0 Å². The molecule has 8 heteroatoms. The number of rotatable bonds is 3. The van der Waals surface area contributed by atoms with Crippen molar-refractivity contribution in [2.24, 2.45) is 23.2 Å². The van der Waals surface area contributed by atoms with Crippen LogP contribution in [-0.2, 0) is 23.6 Å². The van der Waals surface area contributed by atoms with E-state index in [9.17, 15) is 9.59 Å². The molecule has 3 unspecified atom stereocenters. The average molecular weight is 351 g/mol. The first-order chi connectivity index (χ1) is 11.8. The van der Waals surface area contributed by atoms with E-state index in [0.29, 0.717) is 23.2 Å². The molecule has 6 atom stereocenters. The molecule has 2 heterocycles. The quantitative estimate of drug-likeness (QED) is 0.576. The second kappa shape index (κ2) is 5.96. The van der Waals surface area contributed by atoms with Gasteiger partial charge in [0.1, 0.15) is 12.1 Å². The van der Waals surface area contributed by atoms with Gasteiger partial charge in [0.15, 0.2) is 0 Å². The van der Waals surface area contributed by atoms with Crippen LogP contribution in [0.15, 0.2) is 0 Å². The monoisotopic (exact) mass is 351 g/mol. The highest BCUT2D eigenvalue weighted by molar-refractivity contribution is 6.51. The maximum Gasteiger partial charge on any atom is 0.632 e. The van der Waals surface area contributed by atoms with Crippen molar-refractivity contribution in [3.8, 4) is 0 Å². The van der Waals surface area contributed by atoms with Gasteiger partial charge in [-0.3, -0.25) is 14.5 Å². The van der Waals surface area contributed by atoms with Gasteiger partial charge >= 0.3 is 19.1 Å². The Bertz CT molecular complexity index is 563. The van der Waals surface area contributed by atoms with Gasteiger partial charge < -0.3 is 19.2 Å². The lowest BCUT2D eigenvalue weighted by molar-refractivity contribution is -0.160. The van der Waals surface area contributed by atoms with Gasteiger partial charge in [-0.2, -0.15) is 0 Å². The zero-order valence-electron chi connectivity index (χ0n) is 15.0. The van der Waals surface area contributed by atoms with Gasteiger partial charge in [-0.25, -0.2) is 0 Å². The van der Waals surface area contributed by atoms with Crippen molar-refractivity contribution >= 4 is 19.1 Å². The minimum Gasteiger partial charge on any atom is -0.496 e. The Balaban J connectivity index is 1.43. The lowest BCUT2D eigenvalue weighted by Gasteiger charge is -2.63. The van der Waals surface area contributed by atoms with Crippen molar-refractivity contribution in [2.75, 3.05) is 19.7 Å². The fourth-order valence-electron chi connectivity index (χ4n) is 5.26. The van der Waals surface area contributed by atoms with Crippen molar-refractivity contribution < 1.29 is 28.7 Å². The van der Waals surface area contributed by atoms with E-state index >= 15 is 0 Å². The van der Waals surface area contributed by atoms with E-state index < -0.39 is 31.2 Å². The summed E-state index contributed by atoms with van der Waals surface area (Å²) in [6.45, 7) is 6.89. The fraction of sp³-hybridized carbons (Fsp3) is 0.882. The van der Waals surface area contributed by atoms with Crippen molar-refractivity contribution in [3.63, 3.8) is 0 Å². The van der Waals surface area contributed by atoms with Crippen LogP contribution in [0, 0.1) is 23.2 Å². The van der Waals surface area contributed by atoms with Gasteiger partial charge in [0, 0.05) is 6.04 Å². The maximum atomic E-state index is 12.3. The van der Waals surface area contributed by atoms with E-state index in [1.165, 1.54) is 6.42 Å². The average Bonchev–Trinajstić information content (AvgIpc) is 3.31. The topological polar surface area (TPSA) is 88.6 Å². The number of aliphatic hydroxyl groups excluding tert-OH is 1. The number of hydrogen-bond donors (Lipinski definition) is 1. The van der Waals surface area contributed by atoms with Crippen molar-refractivity contribution in [3.05, 3.63) is 0 Å².